The van der Waals surface area contributed by atoms with E-state index in [4.69, 9.17) is 4.74 Å². The van der Waals surface area contributed by atoms with Crippen molar-refractivity contribution < 1.29 is 13.5 Å². The van der Waals surface area contributed by atoms with E-state index in [1.807, 2.05) is 0 Å². The second-order valence-electron chi connectivity index (χ2n) is 8.89. The molecule has 0 bridgehead atoms. The lowest BCUT2D eigenvalue weighted by Crippen LogP contribution is -2.26. The first kappa shape index (κ1) is 20.6. The minimum atomic E-state index is -0.869. The summed E-state index contributed by atoms with van der Waals surface area (Å²) in [6, 6.07) is 4.11. The minimum Gasteiger partial charge on any atom is -0.490 e. The SMILES string of the molecule is CCCC1CCC(C2CCC(CCCOc3cccc(F)c3F)CC2)CC1. The third-order valence-electron chi connectivity index (χ3n) is 7.08. The van der Waals surface area contributed by atoms with Crippen LogP contribution in [0.5, 0.6) is 5.75 Å². The summed E-state index contributed by atoms with van der Waals surface area (Å²) in [6.45, 7) is 2.79. The number of ether oxygens (including phenoxy) is 1. The van der Waals surface area contributed by atoms with Crippen molar-refractivity contribution in [2.75, 3.05) is 6.61 Å². The molecule has 2 saturated carbocycles. The quantitative estimate of drug-likeness (QED) is 0.425. The number of hydrogen-bond acceptors (Lipinski definition) is 1. The molecule has 0 spiro atoms. The van der Waals surface area contributed by atoms with Crippen LogP contribution in [0.2, 0.25) is 0 Å². The van der Waals surface area contributed by atoms with Gasteiger partial charge in [-0.15, -0.1) is 0 Å². The molecule has 3 rings (SSSR count). The van der Waals surface area contributed by atoms with Gasteiger partial charge in [0.05, 0.1) is 6.61 Å². The Labute approximate surface area is 163 Å². The van der Waals surface area contributed by atoms with Gasteiger partial charge in [-0.1, -0.05) is 51.5 Å². The van der Waals surface area contributed by atoms with Gasteiger partial charge in [-0.05, 0) is 74.3 Å². The van der Waals surface area contributed by atoms with Gasteiger partial charge in [0.15, 0.2) is 11.6 Å². The van der Waals surface area contributed by atoms with Crippen molar-refractivity contribution >= 4 is 0 Å². The Morgan fingerprint density at radius 3 is 2.04 bits per heavy atom. The molecule has 0 heterocycles. The standard InChI is InChI=1S/C24H36F2O/c1-2-5-18-9-13-20(14-10-18)21-15-11-19(12-16-21)6-4-17-27-23-8-3-7-22(25)24(23)26/h3,7-8,18-21H,2,4-6,9-17H2,1H3. The molecule has 2 aliphatic rings. The van der Waals surface area contributed by atoms with E-state index in [9.17, 15) is 8.78 Å². The van der Waals surface area contributed by atoms with Crippen LogP contribution in [0, 0.1) is 35.3 Å². The van der Waals surface area contributed by atoms with Crippen molar-refractivity contribution in [3.63, 3.8) is 0 Å². The zero-order valence-electron chi connectivity index (χ0n) is 16.9. The van der Waals surface area contributed by atoms with Gasteiger partial charge in [0.1, 0.15) is 0 Å². The fraction of sp³-hybridized carbons (Fsp3) is 0.750. The summed E-state index contributed by atoms with van der Waals surface area (Å²) in [5, 5.41) is 0. The van der Waals surface area contributed by atoms with Crippen LogP contribution in [0.15, 0.2) is 18.2 Å². The second-order valence-corrected chi connectivity index (χ2v) is 8.89. The maximum atomic E-state index is 13.6. The van der Waals surface area contributed by atoms with E-state index >= 15 is 0 Å². The molecule has 1 nitrogen and oxygen atoms in total. The Hall–Kier alpha value is -1.12. The van der Waals surface area contributed by atoms with E-state index < -0.39 is 11.6 Å². The van der Waals surface area contributed by atoms with Crippen molar-refractivity contribution in [3.8, 4) is 5.75 Å². The molecule has 1 aromatic rings. The Morgan fingerprint density at radius 1 is 0.852 bits per heavy atom. The Morgan fingerprint density at radius 2 is 1.44 bits per heavy atom. The van der Waals surface area contributed by atoms with Crippen LogP contribution in [0.1, 0.15) is 84.0 Å². The highest BCUT2D eigenvalue weighted by Crippen LogP contribution is 2.42. The van der Waals surface area contributed by atoms with E-state index in [0.717, 1.165) is 42.6 Å². The summed E-state index contributed by atoms with van der Waals surface area (Å²) in [5.41, 5.74) is 0. The highest BCUT2D eigenvalue weighted by Gasteiger charge is 2.30. The van der Waals surface area contributed by atoms with Gasteiger partial charge < -0.3 is 4.74 Å². The molecular weight excluding hydrogens is 342 g/mol. The number of benzene rings is 1. The van der Waals surface area contributed by atoms with Crippen LogP contribution in [-0.2, 0) is 0 Å². The highest BCUT2D eigenvalue weighted by molar-refractivity contribution is 5.24. The third kappa shape index (κ3) is 5.93. The lowest BCUT2D eigenvalue weighted by molar-refractivity contribution is 0.138. The highest BCUT2D eigenvalue weighted by atomic mass is 19.2. The van der Waals surface area contributed by atoms with E-state index in [1.54, 1.807) is 0 Å². The predicted molar refractivity (Wildman–Crippen MR) is 107 cm³/mol. The average Bonchev–Trinajstić information content (AvgIpc) is 2.70. The summed E-state index contributed by atoms with van der Waals surface area (Å²) in [6.07, 6.45) is 16.2. The molecule has 0 unspecified atom stereocenters. The molecule has 0 aromatic heterocycles. The van der Waals surface area contributed by atoms with Gasteiger partial charge in [-0.25, -0.2) is 4.39 Å². The van der Waals surface area contributed by atoms with E-state index in [0.29, 0.717) is 6.61 Å². The normalized spacial score (nSPS) is 28.9. The smallest absolute Gasteiger partial charge is 0.200 e. The summed E-state index contributed by atoms with van der Waals surface area (Å²) < 4.78 is 32.2. The van der Waals surface area contributed by atoms with Gasteiger partial charge >= 0.3 is 0 Å². The first-order valence-electron chi connectivity index (χ1n) is 11.2. The molecule has 3 heteroatoms. The number of rotatable bonds is 8. The molecule has 0 radical (unpaired) electrons. The molecule has 0 amide bonds. The van der Waals surface area contributed by atoms with Crippen LogP contribution in [0.3, 0.4) is 0 Å². The largest absolute Gasteiger partial charge is 0.490 e. The van der Waals surface area contributed by atoms with E-state index in [1.165, 1.54) is 76.3 Å². The zero-order valence-corrected chi connectivity index (χ0v) is 16.9. The molecule has 2 fully saturated rings. The predicted octanol–water partition coefficient (Wildman–Crippen LogP) is 7.54. The van der Waals surface area contributed by atoms with Crippen LogP contribution in [-0.4, -0.2) is 6.61 Å². The third-order valence-corrected chi connectivity index (χ3v) is 7.08. The van der Waals surface area contributed by atoms with Crippen molar-refractivity contribution in [3.05, 3.63) is 29.8 Å². The molecule has 1 aromatic carbocycles. The van der Waals surface area contributed by atoms with Crippen LogP contribution in [0.4, 0.5) is 8.78 Å². The topological polar surface area (TPSA) is 9.23 Å². The molecule has 2 aliphatic carbocycles. The maximum absolute atomic E-state index is 13.6. The zero-order chi connectivity index (χ0) is 19.1. The Balaban J connectivity index is 1.30. The monoisotopic (exact) mass is 378 g/mol. The molecule has 0 atom stereocenters. The Bertz CT molecular complexity index is 557. The summed E-state index contributed by atoms with van der Waals surface area (Å²) in [5.74, 6) is 2.07. The van der Waals surface area contributed by atoms with Gasteiger partial charge in [0.25, 0.3) is 0 Å². The molecule has 152 valence electrons. The molecule has 0 N–H and O–H groups in total. The van der Waals surface area contributed by atoms with Gasteiger partial charge in [-0.3, -0.25) is 0 Å². The number of halogens is 2. The van der Waals surface area contributed by atoms with Crippen molar-refractivity contribution in [2.45, 2.75) is 84.0 Å². The first-order chi connectivity index (χ1) is 13.2. The molecule has 0 saturated heterocycles. The van der Waals surface area contributed by atoms with Crippen LogP contribution >= 0.6 is 0 Å². The molecule has 0 aliphatic heterocycles. The average molecular weight is 379 g/mol. The minimum absolute atomic E-state index is 0.0392. The second kappa shape index (κ2) is 10.4. The van der Waals surface area contributed by atoms with E-state index in [-0.39, 0.29) is 5.75 Å². The molecular formula is C24H36F2O. The van der Waals surface area contributed by atoms with Gasteiger partial charge in [0, 0.05) is 0 Å². The Kier molecular flexibility index (Phi) is 7.96. The lowest BCUT2D eigenvalue weighted by atomic mass is 9.68. The summed E-state index contributed by atoms with van der Waals surface area (Å²) >= 11 is 0. The summed E-state index contributed by atoms with van der Waals surface area (Å²) in [4.78, 5) is 0. The fourth-order valence-electron chi connectivity index (χ4n) is 5.45. The van der Waals surface area contributed by atoms with Crippen molar-refractivity contribution in [1.29, 1.82) is 0 Å². The fourth-order valence-corrected chi connectivity index (χ4v) is 5.45. The number of hydrogen-bond donors (Lipinski definition) is 0. The van der Waals surface area contributed by atoms with Crippen LogP contribution < -0.4 is 4.74 Å². The maximum Gasteiger partial charge on any atom is 0.200 e. The van der Waals surface area contributed by atoms with Gasteiger partial charge in [-0.2, -0.15) is 4.39 Å². The lowest BCUT2D eigenvalue weighted by Gasteiger charge is -2.38. The van der Waals surface area contributed by atoms with E-state index in [2.05, 4.69) is 6.92 Å². The van der Waals surface area contributed by atoms with Gasteiger partial charge in [0.2, 0.25) is 5.82 Å². The first-order valence-corrected chi connectivity index (χ1v) is 11.2. The van der Waals surface area contributed by atoms with Crippen LogP contribution in [0.25, 0.3) is 0 Å². The van der Waals surface area contributed by atoms with Crippen molar-refractivity contribution in [2.24, 2.45) is 23.7 Å². The molecule has 27 heavy (non-hydrogen) atoms. The van der Waals surface area contributed by atoms with Crippen molar-refractivity contribution in [1.82, 2.24) is 0 Å². The summed E-state index contributed by atoms with van der Waals surface area (Å²) in [7, 11) is 0.